The summed E-state index contributed by atoms with van der Waals surface area (Å²) in [6.45, 7) is 5.13. The predicted octanol–water partition coefficient (Wildman–Crippen LogP) is 2.62. The van der Waals surface area contributed by atoms with Gasteiger partial charge in [-0.15, -0.1) is 0 Å². The van der Waals surface area contributed by atoms with Gasteiger partial charge in [0.15, 0.2) is 0 Å². The minimum atomic E-state index is 0.212. The second kappa shape index (κ2) is 4.05. The molecule has 1 heterocycles. The van der Waals surface area contributed by atoms with Crippen LogP contribution in [-0.2, 0) is 4.79 Å². The van der Waals surface area contributed by atoms with Crippen molar-refractivity contribution < 1.29 is 4.79 Å². The zero-order valence-corrected chi connectivity index (χ0v) is 9.31. The molecule has 0 bridgehead atoms. The summed E-state index contributed by atoms with van der Waals surface area (Å²) in [4.78, 5) is 13.7. The minimum Gasteiger partial charge on any atom is -0.336 e. The van der Waals surface area contributed by atoms with E-state index in [9.17, 15) is 4.79 Å². The molecule has 1 aromatic rings. The maximum atomic E-state index is 11.7. The third-order valence-corrected chi connectivity index (χ3v) is 3.10. The van der Waals surface area contributed by atoms with Crippen molar-refractivity contribution in [1.29, 1.82) is 0 Å². The van der Waals surface area contributed by atoms with Crippen LogP contribution in [0.15, 0.2) is 30.3 Å². The predicted molar refractivity (Wildman–Crippen MR) is 60.4 cm³/mol. The highest BCUT2D eigenvalue weighted by Crippen LogP contribution is 2.27. The normalized spacial score (nSPS) is 23.2. The summed E-state index contributed by atoms with van der Waals surface area (Å²) in [5, 5.41) is 0. The fourth-order valence-corrected chi connectivity index (χ4v) is 2.20. The van der Waals surface area contributed by atoms with Crippen molar-refractivity contribution >= 4 is 5.91 Å². The Hall–Kier alpha value is -1.31. The maximum Gasteiger partial charge on any atom is 0.223 e. The van der Waals surface area contributed by atoms with Crippen molar-refractivity contribution in [3.8, 4) is 0 Å². The fourth-order valence-electron chi connectivity index (χ4n) is 2.20. The zero-order chi connectivity index (χ0) is 10.8. The van der Waals surface area contributed by atoms with Gasteiger partial charge in [-0.2, -0.15) is 0 Å². The monoisotopic (exact) mass is 203 g/mol. The Bertz CT molecular complexity index is 347. The van der Waals surface area contributed by atoms with Gasteiger partial charge in [-0.25, -0.2) is 0 Å². The van der Waals surface area contributed by atoms with E-state index in [2.05, 4.69) is 26.0 Å². The second-order valence-corrected chi connectivity index (χ2v) is 4.44. The van der Waals surface area contributed by atoms with Gasteiger partial charge in [-0.1, -0.05) is 37.3 Å². The molecule has 0 unspecified atom stereocenters. The summed E-state index contributed by atoms with van der Waals surface area (Å²) in [6.07, 6.45) is 0.706. The van der Waals surface area contributed by atoms with E-state index in [-0.39, 0.29) is 6.04 Å². The molecule has 0 spiro atoms. The molecule has 0 N–H and O–H groups in total. The molecule has 0 saturated carbocycles. The lowest BCUT2D eigenvalue weighted by molar-refractivity contribution is -0.129. The molecule has 80 valence electrons. The summed E-state index contributed by atoms with van der Waals surface area (Å²) in [7, 11) is 0. The number of rotatable bonds is 2. The van der Waals surface area contributed by atoms with E-state index >= 15 is 0 Å². The number of amides is 1. The molecule has 1 amide bonds. The summed E-state index contributed by atoms with van der Waals surface area (Å²) in [5.74, 6) is 0.794. The molecule has 1 saturated heterocycles. The Labute approximate surface area is 90.9 Å². The van der Waals surface area contributed by atoms with Crippen LogP contribution in [0.3, 0.4) is 0 Å². The van der Waals surface area contributed by atoms with Crippen LogP contribution in [0.4, 0.5) is 0 Å². The van der Waals surface area contributed by atoms with Gasteiger partial charge in [-0.3, -0.25) is 4.79 Å². The number of carbonyl (C=O) groups excluding carboxylic acids is 1. The lowest BCUT2D eigenvalue weighted by atomic mass is 10.1. The number of carbonyl (C=O) groups is 1. The molecule has 2 atom stereocenters. The molecule has 0 aliphatic carbocycles. The van der Waals surface area contributed by atoms with Crippen LogP contribution < -0.4 is 0 Å². The molecule has 1 aliphatic heterocycles. The Morgan fingerprint density at radius 1 is 1.33 bits per heavy atom. The van der Waals surface area contributed by atoms with Crippen LogP contribution in [0.25, 0.3) is 0 Å². The topological polar surface area (TPSA) is 20.3 Å². The highest BCUT2D eigenvalue weighted by molar-refractivity contribution is 5.79. The Morgan fingerprint density at radius 3 is 2.53 bits per heavy atom. The molecule has 0 aromatic heterocycles. The third-order valence-electron chi connectivity index (χ3n) is 3.10. The van der Waals surface area contributed by atoms with Gasteiger partial charge in [0.25, 0.3) is 0 Å². The molecular weight excluding hydrogens is 186 g/mol. The molecule has 15 heavy (non-hydrogen) atoms. The minimum absolute atomic E-state index is 0.212. The standard InChI is InChI=1S/C13H17NO/c1-10-8-13(15)14(9-10)11(2)12-6-4-3-5-7-12/h3-7,10-11H,8-9H2,1-2H3/t10-,11-/m0/s1. The van der Waals surface area contributed by atoms with Crippen molar-refractivity contribution in [3.63, 3.8) is 0 Å². The molecule has 2 nitrogen and oxygen atoms in total. The number of hydrogen-bond donors (Lipinski definition) is 0. The van der Waals surface area contributed by atoms with Gasteiger partial charge in [0.1, 0.15) is 0 Å². The average Bonchev–Trinajstić information content (AvgIpc) is 2.58. The van der Waals surface area contributed by atoms with Crippen LogP contribution in [0.2, 0.25) is 0 Å². The van der Waals surface area contributed by atoms with Crippen LogP contribution in [0.1, 0.15) is 31.9 Å². The highest BCUT2D eigenvalue weighted by atomic mass is 16.2. The van der Waals surface area contributed by atoms with Gasteiger partial charge in [0, 0.05) is 13.0 Å². The number of likely N-dealkylation sites (tertiary alicyclic amines) is 1. The number of benzene rings is 1. The summed E-state index contributed by atoms with van der Waals surface area (Å²) in [6, 6.07) is 10.4. The molecule has 0 radical (unpaired) electrons. The molecule has 1 fully saturated rings. The SMILES string of the molecule is C[C@H]1CC(=O)N([C@@H](C)c2ccccc2)C1. The fraction of sp³-hybridized carbons (Fsp3) is 0.462. The van der Waals surface area contributed by atoms with Crippen LogP contribution in [-0.4, -0.2) is 17.4 Å². The van der Waals surface area contributed by atoms with E-state index < -0.39 is 0 Å². The third kappa shape index (κ3) is 2.04. The van der Waals surface area contributed by atoms with Gasteiger partial charge < -0.3 is 4.90 Å². The van der Waals surface area contributed by atoms with E-state index in [1.165, 1.54) is 5.56 Å². The van der Waals surface area contributed by atoms with Gasteiger partial charge in [-0.05, 0) is 18.4 Å². The van der Waals surface area contributed by atoms with Gasteiger partial charge >= 0.3 is 0 Å². The number of nitrogens with zero attached hydrogens (tertiary/aromatic N) is 1. The second-order valence-electron chi connectivity index (χ2n) is 4.44. The van der Waals surface area contributed by atoms with E-state index in [1.54, 1.807) is 0 Å². The Balaban J connectivity index is 2.15. The Kier molecular flexibility index (Phi) is 2.76. The summed E-state index contributed by atoms with van der Waals surface area (Å²) >= 11 is 0. The molecular formula is C13H17NO. The van der Waals surface area contributed by atoms with Gasteiger partial charge in [0.2, 0.25) is 5.91 Å². The lowest BCUT2D eigenvalue weighted by Gasteiger charge is -2.24. The Morgan fingerprint density at radius 2 is 2.00 bits per heavy atom. The van der Waals surface area contributed by atoms with Crippen LogP contribution in [0.5, 0.6) is 0 Å². The van der Waals surface area contributed by atoms with Crippen molar-refractivity contribution in [2.45, 2.75) is 26.3 Å². The van der Waals surface area contributed by atoms with Crippen LogP contribution >= 0.6 is 0 Å². The molecule has 2 heteroatoms. The average molecular weight is 203 g/mol. The first-order valence-corrected chi connectivity index (χ1v) is 5.53. The first-order valence-electron chi connectivity index (χ1n) is 5.53. The molecule has 1 aromatic carbocycles. The van der Waals surface area contributed by atoms with Crippen LogP contribution in [0, 0.1) is 5.92 Å². The largest absolute Gasteiger partial charge is 0.336 e. The van der Waals surface area contributed by atoms with Crippen molar-refractivity contribution in [2.75, 3.05) is 6.54 Å². The first-order chi connectivity index (χ1) is 7.18. The molecule has 1 aliphatic rings. The van der Waals surface area contributed by atoms with E-state index in [0.29, 0.717) is 18.2 Å². The number of hydrogen-bond acceptors (Lipinski definition) is 1. The zero-order valence-electron chi connectivity index (χ0n) is 9.31. The molecule has 2 rings (SSSR count). The lowest BCUT2D eigenvalue weighted by Crippen LogP contribution is -2.28. The van der Waals surface area contributed by atoms with Crippen molar-refractivity contribution in [3.05, 3.63) is 35.9 Å². The smallest absolute Gasteiger partial charge is 0.223 e. The van der Waals surface area contributed by atoms with E-state index in [1.807, 2.05) is 23.1 Å². The maximum absolute atomic E-state index is 11.7. The highest BCUT2D eigenvalue weighted by Gasteiger charge is 2.30. The van der Waals surface area contributed by atoms with E-state index in [4.69, 9.17) is 0 Å². The van der Waals surface area contributed by atoms with Gasteiger partial charge in [0.05, 0.1) is 6.04 Å². The first kappa shape index (κ1) is 10.2. The summed E-state index contributed by atoms with van der Waals surface area (Å²) in [5.41, 5.74) is 1.22. The quantitative estimate of drug-likeness (QED) is 0.723. The van der Waals surface area contributed by atoms with Crippen molar-refractivity contribution in [1.82, 2.24) is 4.90 Å². The summed E-state index contributed by atoms with van der Waals surface area (Å²) < 4.78 is 0. The van der Waals surface area contributed by atoms with E-state index in [0.717, 1.165) is 6.54 Å². The van der Waals surface area contributed by atoms with Crippen molar-refractivity contribution in [2.24, 2.45) is 5.92 Å².